The van der Waals surface area contributed by atoms with Crippen LogP contribution in [0.4, 0.5) is 0 Å². The van der Waals surface area contributed by atoms with E-state index in [0.29, 0.717) is 0 Å². The van der Waals surface area contributed by atoms with E-state index in [0.717, 1.165) is 27.6 Å². The zero-order valence-electron chi connectivity index (χ0n) is 8.24. The Labute approximate surface area is 102 Å². The first-order valence-corrected chi connectivity index (χ1v) is 5.86. The minimum atomic E-state index is 0.743. The third-order valence-corrected chi connectivity index (χ3v) is 3.11. The summed E-state index contributed by atoms with van der Waals surface area (Å²) in [5, 5.41) is 0.743. The summed E-state index contributed by atoms with van der Waals surface area (Å²) in [4.78, 5) is 4.23. The molecule has 15 heavy (non-hydrogen) atoms. The molecule has 2 nitrogen and oxygen atoms in total. The zero-order chi connectivity index (χ0) is 10.8. The summed E-state index contributed by atoms with van der Waals surface area (Å²) in [6.07, 6.45) is 1.85. The number of benzene rings is 1. The molecular weight excluding hydrogens is 275 g/mol. The van der Waals surface area contributed by atoms with Crippen LogP contribution in [0.5, 0.6) is 0 Å². The number of imidazole rings is 1. The van der Waals surface area contributed by atoms with Gasteiger partial charge in [0.05, 0.1) is 11.9 Å². The Morgan fingerprint density at radius 2 is 2.27 bits per heavy atom. The lowest BCUT2D eigenvalue weighted by molar-refractivity contribution is 0.748. The monoisotopic (exact) mass is 284 g/mol. The van der Waals surface area contributed by atoms with Crippen LogP contribution < -0.4 is 0 Å². The van der Waals surface area contributed by atoms with Crippen LogP contribution in [0.25, 0.3) is 11.3 Å². The van der Waals surface area contributed by atoms with Crippen LogP contribution in [0.2, 0.25) is 5.02 Å². The molecule has 1 aromatic heterocycles. The SMILES string of the molecule is CCn1c(-c2cccc(Cl)c2)cnc1Br. The summed E-state index contributed by atoms with van der Waals surface area (Å²) in [5.41, 5.74) is 2.16. The third-order valence-electron chi connectivity index (χ3n) is 2.24. The van der Waals surface area contributed by atoms with Crippen molar-refractivity contribution in [2.45, 2.75) is 13.5 Å². The fourth-order valence-corrected chi connectivity index (χ4v) is 2.27. The van der Waals surface area contributed by atoms with Gasteiger partial charge in [0.15, 0.2) is 4.73 Å². The van der Waals surface area contributed by atoms with Crippen LogP contribution in [0.3, 0.4) is 0 Å². The fourth-order valence-electron chi connectivity index (χ4n) is 1.53. The second-order valence-corrected chi connectivity index (χ2v) is 4.31. The smallest absolute Gasteiger partial charge is 0.177 e. The van der Waals surface area contributed by atoms with E-state index < -0.39 is 0 Å². The van der Waals surface area contributed by atoms with E-state index in [1.165, 1.54) is 0 Å². The minimum Gasteiger partial charge on any atom is -0.319 e. The summed E-state index contributed by atoms with van der Waals surface area (Å²) < 4.78 is 2.94. The molecule has 0 fully saturated rings. The highest BCUT2D eigenvalue weighted by Gasteiger charge is 2.08. The highest BCUT2D eigenvalue weighted by atomic mass is 79.9. The van der Waals surface area contributed by atoms with Gasteiger partial charge in [-0.15, -0.1) is 0 Å². The van der Waals surface area contributed by atoms with Crippen LogP contribution in [0.1, 0.15) is 6.92 Å². The quantitative estimate of drug-likeness (QED) is 0.816. The van der Waals surface area contributed by atoms with E-state index in [9.17, 15) is 0 Å². The predicted molar refractivity (Wildman–Crippen MR) is 66.0 cm³/mol. The summed E-state index contributed by atoms with van der Waals surface area (Å²) in [6.45, 7) is 2.96. The molecule has 0 aliphatic heterocycles. The molecule has 0 atom stereocenters. The van der Waals surface area contributed by atoms with Gasteiger partial charge in [0.1, 0.15) is 0 Å². The van der Waals surface area contributed by atoms with Crippen LogP contribution in [0.15, 0.2) is 35.2 Å². The molecule has 0 amide bonds. The van der Waals surface area contributed by atoms with Gasteiger partial charge >= 0.3 is 0 Å². The number of nitrogens with zero attached hydrogens (tertiary/aromatic N) is 2. The predicted octanol–water partition coefficient (Wildman–Crippen LogP) is 3.99. The molecule has 0 bridgehead atoms. The van der Waals surface area contributed by atoms with E-state index in [-0.39, 0.29) is 0 Å². The standard InChI is InChI=1S/C11H10BrClN2/c1-2-15-10(7-14-11(15)12)8-4-3-5-9(13)6-8/h3-7H,2H2,1H3. The molecular formula is C11H10BrClN2. The van der Waals surface area contributed by atoms with Crippen LogP contribution in [-0.4, -0.2) is 9.55 Å². The van der Waals surface area contributed by atoms with Crippen LogP contribution in [-0.2, 0) is 6.54 Å². The molecule has 0 N–H and O–H groups in total. The molecule has 0 aliphatic rings. The van der Waals surface area contributed by atoms with Crippen molar-refractivity contribution in [2.75, 3.05) is 0 Å². The van der Waals surface area contributed by atoms with Gasteiger partial charge in [-0.2, -0.15) is 0 Å². The summed E-state index contributed by atoms with van der Waals surface area (Å²) in [5.74, 6) is 0. The van der Waals surface area contributed by atoms with E-state index in [4.69, 9.17) is 11.6 Å². The van der Waals surface area contributed by atoms with Crippen molar-refractivity contribution in [3.05, 3.63) is 40.2 Å². The molecule has 0 saturated carbocycles. The third kappa shape index (κ3) is 2.08. The minimum absolute atomic E-state index is 0.743. The van der Waals surface area contributed by atoms with Gasteiger partial charge < -0.3 is 4.57 Å². The number of halogens is 2. The van der Waals surface area contributed by atoms with Gasteiger partial charge in [-0.3, -0.25) is 0 Å². The molecule has 0 unspecified atom stereocenters. The van der Waals surface area contributed by atoms with E-state index in [1.54, 1.807) is 0 Å². The van der Waals surface area contributed by atoms with Gasteiger partial charge in [0.2, 0.25) is 0 Å². The van der Waals surface area contributed by atoms with E-state index >= 15 is 0 Å². The van der Waals surface area contributed by atoms with Crippen LogP contribution >= 0.6 is 27.5 Å². The highest BCUT2D eigenvalue weighted by Crippen LogP contribution is 2.25. The first kappa shape index (κ1) is 10.7. The number of hydrogen-bond donors (Lipinski definition) is 0. The van der Waals surface area contributed by atoms with Crippen molar-refractivity contribution in [2.24, 2.45) is 0 Å². The average molecular weight is 286 g/mol. The Hall–Kier alpha value is -0.800. The zero-order valence-corrected chi connectivity index (χ0v) is 10.6. The molecule has 0 aliphatic carbocycles. The number of rotatable bonds is 2. The fraction of sp³-hybridized carbons (Fsp3) is 0.182. The van der Waals surface area contributed by atoms with Crippen molar-refractivity contribution in [1.82, 2.24) is 9.55 Å². The first-order chi connectivity index (χ1) is 7.22. The van der Waals surface area contributed by atoms with Crippen molar-refractivity contribution >= 4 is 27.5 Å². The van der Waals surface area contributed by atoms with Crippen molar-refractivity contribution < 1.29 is 0 Å². The molecule has 1 aromatic carbocycles. The van der Waals surface area contributed by atoms with Gasteiger partial charge in [0.25, 0.3) is 0 Å². The lowest BCUT2D eigenvalue weighted by Gasteiger charge is -2.06. The maximum atomic E-state index is 5.96. The van der Waals surface area contributed by atoms with E-state index in [1.807, 2.05) is 30.5 Å². The maximum Gasteiger partial charge on any atom is 0.177 e. The Bertz CT molecular complexity index is 479. The summed E-state index contributed by atoms with van der Waals surface area (Å²) >= 11 is 9.37. The Kier molecular flexibility index (Phi) is 3.12. The molecule has 2 aromatic rings. The van der Waals surface area contributed by atoms with Crippen LogP contribution in [0, 0.1) is 0 Å². The first-order valence-electron chi connectivity index (χ1n) is 4.69. The summed E-state index contributed by atoms with van der Waals surface area (Å²) in [6, 6.07) is 7.78. The molecule has 1 heterocycles. The van der Waals surface area contributed by atoms with Crippen molar-refractivity contribution in [1.29, 1.82) is 0 Å². The normalized spacial score (nSPS) is 10.6. The molecule has 2 rings (SSSR count). The maximum absolute atomic E-state index is 5.96. The van der Waals surface area contributed by atoms with Gasteiger partial charge in [-0.05, 0) is 35.0 Å². The Morgan fingerprint density at radius 1 is 1.47 bits per heavy atom. The van der Waals surface area contributed by atoms with Gasteiger partial charge in [0, 0.05) is 17.1 Å². The second kappa shape index (κ2) is 4.37. The van der Waals surface area contributed by atoms with Crippen molar-refractivity contribution in [3.63, 3.8) is 0 Å². The molecule has 0 spiro atoms. The molecule has 0 radical (unpaired) electrons. The Balaban J connectivity index is 2.54. The lowest BCUT2D eigenvalue weighted by atomic mass is 10.2. The van der Waals surface area contributed by atoms with Crippen molar-refractivity contribution in [3.8, 4) is 11.3 Å². The number of aromatic nitrogens is 2. The van der Waals surface area contributed by atoms with Gasteiger partial charge in [-0.1, -0.05) is 23.7 Å². The van der Waals surface area contributed by atoms with Gasteiger partial charge in [-0.25, -0.2) is 4.98 Å². The average Bonchev–Trinajstić information content (AvgIpc) is 2.59. The molecule has 4 heteroatoms. The Morgan fingerprint density at radius 3 is 2.93 bits per heavy atom. The molecule has 0 saturated heterocycles. The molecule has 78 valence electrons. The number of hydrogen-bond acceptors (Lipinski definition) is 1. The topological polar surface area (TPSA) is 17.8 Å². The summed E-state index contributed by atoms with van der Waals surface area (Å²) in [7, 11) is 0. The van der Waals surface area contributed by atoms with E-state index in [2.05, 4.69) is 32.4 Å². The second-order valence-electron chi connectivity index (χ2n) is 3.17. The lowest BCUT2D eigenvalue weighted by Crippen LogP contribution is -1.96. The largest absolute Gasteiger partial charge is 0.319 e. The highest BCUT2D eigenvalue weighted by molar-refractivity contribution is 9.10.